The standard InChI is InChI=1S/C19H18ClN5O4/c1-28-14-7-10(6-13(26)16(14)29-2)9-22-18-15(17(21)27)19(25-24-18)23-12-5-3-4-11(20)8-12/h3-9,26H,1-2H3,(H2,21,27)(H2,23,24,25). The summed E-state index contributed by atoms with van der Waals surface area (Å²) < 4.78 is 10.3. The minimum absolute atomic E-state index is 0.0749. The van der Waals surface area contributed by atoms with Gasteiger partial charge in [0, 0.05) is 22.5 Å². The van der Waals surface area contributed by atoms with Gasteiger partial charge in [0.25, 0.3) is 5.91 Å². The third-order valence-electron chi connectivity index (χ3n) is 3.91. The van der Waals surface area contributed by atoms with Gasteiger partial charge in [-0.05, 0) is 30.3 Å². The second-order valence-corrected chi connectivity index (χ2v) is 6.27. The molecule has 3 aromatic rings. The van der Waals surface area contributed by atoms with Crippen molar-refractivity contribution in [3.05, 3.63) is 52.5 Å². The number of phenols is 1. The molecule has 150 valence electrons. The Kier molecular flexibility index (Phi) is 5.89. The molecule has 1 amide bonds. The molecule has 0 saturated heterocycles. The maximum absolute atomic E-state index is 12.0. The predicted octanol–water partition coefficient (Wildman–Crippen LogP) is 3.38. The van der Waals surface area contributed by atoms with E-state index >= 15 is 0 Å². The lowest BCUT2D eigenvalue weighted by Crippen LogP contribution is -2.12. The van der Waals surface area contributed by atoms with Crippen molar-refractivity contribution >= 4 is 41.0 Å². The van der Waals surface area contributed by atoms with Crippen LogP contribution in [-0.2, 0) is 0 Å². The molecule has 1 aromatic heterocycles. The molecule has 2 aromatic carbocycles. The van der Waals surface area contributed by atoms with Crippen LogP contribution in [0.1, 0.15) is 15.9 Å². The molecule has 10 heteroatoms. The van der Waals surface area contributed by atoms with Crippen molar-refractivity contribution in [2.75, 3.05) is 19.5 Å². The van der Waals surface area contributed by atoms with Crippen LogP contribution in [0.4, 0.5) is 17.3 Å². The number of nitrogens with two attached hydrogens (primary N) is 1. The number of methoxy groups -OCH3 is 2. The van der Waals surface area contributed by atoms with E-state index in [9.17, 15) is 9.90 Å². The number of hydrogen-bond acceptors (Lipinski definition) is 7. The molecule has 0 aliphatic carbocycles. The third kappa shape index (κ3) is 4.41. The van der Waals surface area contributed by atoms with E-state index in [0.717, 1.165) is 0 Å². The fourth-order valence-electron chi connectivity index (χ4n) is 2.64. The number of hydrogen-bond donors (Lipinski definition) is 4. The normalized spacial score (nSPS) is 10.9. The summed E-state index contributed by atoms with van der Waals surface area (Å²) >= 11 is 5.97. The molecule has 0 unspecified atom stereocenters. The molecule has 0 atom stereocenters. The lowest BCUT2D eigenvalue weighted by molar-refractivity contribution is 0.100. The number of amides is 1. The average Bonchev–Trinajstić information content (AvgIpc) is 3.08. The Morgan fingerprint density at radius 2 is 2.10 bits per heavy atom. The van der Waals surface area contributed by atoms with Gasteiger partial charge >= 0.3 is 0 Å². The van der Waals surface area contributed by atoms with E-state index in [0.29, 0.717) is 22.0 Å². The van der Waals surface area contributed by atoms with Gasteiger partial charge in [0.2, 0.25) is 5.75 Å². The summed E-state index contributed by atoms with van der Waals surface area (Å²) in [5, 5.41) is 20.3. The number of aromatic hydroxyl groups is 1. The second-order valence-electron chi connectivity index (χ2n) is 5.83. The molecule has 9 nitrogen and oxygen atoms in total. The van der Waals surface area contributed by atoms with Crippen molar-refractivity contribution in [2.45, 2.75) is 0 Å². The number of aliphatic imine (C=N–C) groups is 1. The maximum atomic E-state index is 12.0. The monoisotopic (exact) mass is 415 g/mol. The Labute approximate surface area is 171 Å². The molecule has 0 aliphatic rings. The van der Waals surface area contributed by atoms with Crippen LogP contribution >= 0.6 is 11.6 Å². The van der Waals surface area contributed by atoms with Crippen LogP contribution in [0, 0.1) is 0 Å². The number of ether oxygens (including phenoxy) is 2. The van der Waals surface area contributed by atoms with E-state index < -0.39 is 5.91 Å². The minimum atomic E-state index is -0.717. The van der Waals surface area contributed by atoms with Gasteiger partial charge in [-0.1, -0.05) is 17.7 Å². The van der Waals surface area contributed by atoms with Crippen LogP contribution < -0.4 is 20.5 Å². The molecule has 1 heterocycles. The van der Waals surface area contributed by atoms with Gasteiger partial charge in [-0.3, -0.25) is 9.89 Å². The fraction of sp³-hybridized carbons (Fsp3) is 0.105. The number of nitrogens with one attached hydrogen (secondary N) is 2. The van der Waals surface area contributed by atoms with Crippen LogP contribution in [0.25, 0.3) is 0 Å². The molecular formula is C19H18ClN5O4. The first-order chi connectivity index (χ1) is 13.9. The molecule has 29 heavy (non-hydrogen) atoms. The van der Waals surface area contributed by atoms with Gasteiger partial charge in [-0.15, -0.1) is 0 Å². The summed E-state index contributed by atoms with van der Waals surface area (Å²) in [6.07, 6.45) is 1.41. The molecule has 5 N–H and O–H groups in total. The first kappa shape index (κ1) is 20.0. The predicted molar refractivity (Wildman–Crippen MR) is 110 cm³/mol. The van der Waals surface area contributed by atoms with Crippen molar-refractivity contribution in [3.8, 4) is 17.2 Å². The first-order valence-electron chi connectivity index (χ1n) is 8.32. The van der Waals surface area contributed by atoms with E-state index in [2.05, 4.69) is 20.5 Å². The molecule has 0 bridgehead atoms. The van der Waals surface area contributed by atoms with Gasteiger partial charge in [0.15, 0.2) is 17.3 Å². The van der Waals surface area contributed by atoms with E-state index in [4.69, 9.17) is 26.8 Å². The number of aromatic amines is 1. The highest BCUT2D eigenvalue weighted by Crippen LogP contribution is 2.37. The molecule has 0 saturated carbocycles. The molecule has 0 aliphatic heterocycles. The molecule has 0 fully saturated rings. The highest BCUT2D eigenvalue weighted by molar-refractivity contribution is 6.30. The number of H-pyrrole nitrogens is 1. The Bertz CT molecular complexity index is 1080. The molecular weight excluding hydrogens is 398 g/mol. The van der Waals surface area contributed by atoms with E-state index in [1.165, 1.54) is 26.5 Å². The Balaban J connectivity index is 1.93. The number of carbonyl (C=O) groups excluding carboxylic acids is 1. The molecule has 3 rings (SSSR count). The highest BCUT2D eigenvalue weighted by Gasteiger charge is 2.18. The quantitative estimate of drug-likeness (QED) is 0.437. The summed E-state index contributed by atoms with van der Waals surface area (Å²) in [6, 6.07) is 9.99. The summed E-state index contributed by atoms with van der Waals surface area (Å²) in [6.45, 7) is 0. The Morgan fingerprint density at radius 3 is 2.76 bits per heavy atom. The number of benzene rings is 2. The number of primary amides is 1. The summed E-state index contributed by atoms with van der Waals surface area (Å²) in [4.78, 5) is 16.2. The lowest BCUT2D eigenvalue weighted by atomic mass is 10.2. The number of aromatic nitrogens is 2. The van der Waals surface area contributed by atoms with E-state index in [1.54, 1.807) is 30.3 Å². The van der Waals surface area contributed by atoms with E-state index in [1.807, 2.05) is 0 Å². The van der Waals surface area contributed by atoms with Crippen molar-refractivity contribution in [1.29, 1.82) is 0 Å². The van der Waals surface area contributed by atoms with Crippen molar-refractivity contribution in [1.82, 2.24) is 10.2 Å². The average molecular weight is 416 g/mol. The molecule has 0 radical (unpaired) electrons. The molecule has 0 spiro atoms. The van der Waals surface area contributed by atoms with Gasteiger partial charge in [-0.2, -0.15) is 5.10 Å². The number of anilines is 2. The smallest absolute Gasteiger partial charge is 0.256 e. The fourth-order valence-corrected chi connectivity index (χ4v) is 2.83. The summed E-state index contributed by atoms with van der Waals surface area (Å²) in [7, 11) is 2.87. The third-order valence-corrected chi connectivity index (χ3v) is 4.14. The van der Waals surface area contributed by atoms with Gasteiger partial charge in [-0.25, -0.2) is 4.99 Å². The Morgan fingerprint density at radius 1 is 1.31 bits per heavy atom. The number of rotatable bonds is 7. The van der Waals surface area contributed by atoms with Crippen LogP contribution in [0.5, 0.6) is 17.2 Å². The van der Waals surface area contributed by atoms with Crippen LogP contribution in [0.2, 0.25) is 5.02 Å². The number of carbonyl (C=O) groups is 1. The van der Waals surface area contributed by atoms with Crippen LogP contribution in [0.3, 0.4) is 0 Å². The van der Waals surface area contributed by atoms with Gasteiger partial charge < -0.3 is 25.6 Å². The zero-order valence-electron chi connectivity index (χ0n) is 15.6. The topological polar surface area (TPSA) is 135 Å². The minimum Gasteiger partial charge on any atom is -0.504 e. The van der Waals surface area contributed by atoms with Gasteiger partial charge in [0.1, 0.15) is 11.4 Å². The number of nitrogens with zero attached hydrogens (tertiary/aromatic N) is 2. The van der Waals surface area contributed by atoms with Crippen LogP contribution in [0.15, 0.2) is 41.4 Å². The zero-order valence-corrected chi connectivity index (χ0v) is 16.3. The maximum Gasteiger partial charge on any atom is 0.256 e. The van der Waals surface area contributed by atoms with Gasteiger partial charge in [0.05, 0.1) is 14.2 Å². The number of phenolic OH excluding ortho intramolecular Hbond substituents is 1. The highest BCUT2D eigenvalue weighted by atomic mass is 35.5. The summed E-state index contributed by atoms with van der Waals surface area (Å²) in [5.74, 6) is 0.0578. The van der Waals surface area contributed by atoms with Crippen molar-refractivity contribution in [2.24, 2.45) is 10.7 Å². The SMILES string of the molecule is COc1cc(C=Nc2n[nH]c(Nc3cccc(Cl)c3)c2C(N)=O)cc(O)c1OC. The van der Waals surface area contributed by atoms with Crippen molar-refractivity contribution in [3.63, 3.8) is 0 Å². The largest absolute Gasteiger partial charge is 0.504 e. The summed E-state index contributed by atoms with van der Waals surface area (Å²) in [5.41, 5.74) is 6.72. The second kappa shape index (κ2) is 8.53. The number of halogens is 1. The Hall–Kier alpha value is -3.72. The first-order valence-corrected chi connectivity index (χ1v) is 8.70. The van der Waals surface area contributed by atoms with Crippen LogP contribution in [-0.4, -0.2) is 41.6 Å². The lowest BCUT2D eigenvalue weighted by Gasteiger charge is -2.09. The zero-order chi connectivity index (χ0) is 21.0. The van der Waals surface area contributed by atoms with Crippen molar-refractivity contribution < 1.29 is 19.4 Å². The van der Waals surface area contributed by atoms with E-state index in [-0.39, 0.29) is 28.7 Å².